The minimum absolute atomic E-state index is 0.153. The van der Waals surface area contributed by atoms with E-state index in [1.807, 2.05) is 38.1 Å². The predicted molar refractivity (Wildman–Crippen MR) is 102 cm³/mol. The van der Waals surface area contributed by atoms with E-state index in [1.165, 1.54) is 0 Å². The first-order valence-electron chi connectivity index (χ1n) is 8.64. The molecule has 6 nitrogen and oxygen atoms in total. The Morgan fingerprint density at radius 1 is 1.15 bits per heavy atom. The van der Waals surface area contributed by atoms with Crippen molar-refractivity contribution in [2.45, 2.75) is 31.7 Å². The second kappa shape index (κ2) is 7.47. The quantitative estimate of drug-likeness (QED) is 0.845. The van der Waals surface area contributed by atoms with Crippen LogP contribution in [-0.4, -0.2) is 27.5 Å². The molecule has 0 fully saturated rings. The van der Waals surface area contributed by atoms with E-state index in [1.54, 1.807) is 23.1 Å². The average Bonchev–Trinajstić information content (AvgIpc) is 3.05. The van der Waals surface area contributed by atoms with E-state index in [2.05, 4.69) is 10.0 Å². The number of nitrogens with zero attached hydrogens (tertiary/aromatic N) is 1. The fourth-order valence-electron chi connectivity index (χ4n) is 2.97. The standard InChI is InChI=1S/C19H23N3O3S/c1-3-20-19(23)22-11-10-16-12-17(8-9-18(16)22)26(24,25)21-13-15-6-4-14(2)5-7-15/h4-9,12,21H,3,10-11,13H2,1-2H3,(H,20,23). The summed E-state index contributed by atoms with van der Waals surface area (Å²) in [6, 6.07) is 12.5. The highest BCUT2D eigenvalue weighted by atomic mass is 32.2. The average molecular weight is 373 g/mol. The van der Waals surface area contributed by atoms with Crippen LogP contribution in [0, 0.1) is 6.92 Å². The lowest BCUT2D eigenvalue weighted by molar-refractivity contribution is 0.247. The minimum Gasteiger partial charge on any atom is -0.338 e. The Kier molecular flexibility index (Phi) is 5.29. The number of carbonyl (C=O) groups excluding carboxylic acids is 1. The molecule has 0 radical (unpaired) electrons. The van der Waals surface area contributed by atoms with Crippen molar-refractivity contribution in [1.82, 2.24) is 10.0 Å². The summed E-state index contributed by atoms with van der Waals surface area (Å²) in [6.07, 6.45) is 0.647. The first-order chi connectivity index (χ1) is 12.4. The monoisotopic (exact) mass is 373 g/mol. The molecule has 0 aliphatic carbocycles. The molecular weight excluding hydrogens is 350 g/mol. The molecule has 0 saturated heterocycles. The molecular formula is C19H23N3O3S. The number of nitrogens with one attached hydrogen (secondary N) is 2. The molecule has 3 rings (SSSR count). The fraction of sp³-hybridized carbons (Fsp3) is 0.316. The zero-order valence-corrected chi connectivity index (χ0v) is 15.8. The molecule has 2 aromatic rings. The first kappa shape index (κ1) is 18.4. The Bertz CT molecular complexity index is 908. The maximum atomic E-state index is 12.6. The molecule has 0 spiro atoms. The summed E-state index contributed by atoms with van der Waals surface area (Å²) in [5, 5.41) is 2.77. The van der Waals surface area contributed by atoms with Gasteiger partial charge in [-0.05, 0) is 49.6 Å². The van der Waals surface area contributed by atoms with Crippen molar-refractivity contribution in [3.05, 3.63) is 59.2 Å². The summed E-state index contributed by atoms with van der Waals surface area (Å²) < 4.78 is 27.8. The van der Waals surface area contributed by atoms with E-state index < -0.39 is 10.0 Å². The van der Waals surface area contributed by atoms with Crippen molar-refractivity contribution in [2.24, 2.45) is 0 Å². The number of hydrogen-bond donors (Lipinski definition) is 2. The van der Waals surface area contributed by atoms with Crippen molar-refractivity contribution in [2.75, 3.05) is 18.0 Å². The number of hydrogen-bond acceptors (Lipinski definition) is 3. The van der Waals surface area contributed by atoms with Crippen LogP contribution in [0.5, 0.6) is 0 Å². The SMILES string of the molecule is CCNC(=O)N1CCc2cc(S(=O)(=O)NCc3ccc(C)cc3)ccc21. The van der Waals surface area contributed by atoms with E-state index in [0.717, 1.165) is 22.4 Å². The van der Waals surface area contributed by atoms with E-state index in [0.29, 0.717) is 19.5 Å². The second-order valence-corrected chi connectivity index (χ2v) is 8.10. The van der Waals surface area contributed by atoms with Gasteiger partial charge in [0.1, 0.15) is 0 Å². The van der Waals surface area contributed by atoms with E-state index in [9.17, 15) is 13.2 Å². The van der Waals surface area contributed by atoms with Crippen LogP contribution >= 0.6 is 0 Å². The molecule has 0 bridgehead atoms. The zero-order chi connectivity index (χ0) is 18.7. The van der Waals surface area contributed by atoms with Gasteiger partial charge in [-0.2, -0.15) is 0 Å². The van der Waals surface area contributed by atoms with Crippen LogP contribution in [0.15, 0.2) is 47.4 Å². The largest absolute Gasteiger partial charge is 0.338 e. The molecule has 26 heavy (non-hydrogen) atoms. The van der Waals surface area contributed by atoms with Crippen LogP contribution < -0.4 is 14.9 Å². The van der Waals surface area contributed by atoms with Gasteiger partial charge in [0.05, 0.1) is 4.90 Å². The molecule has 0 unspecified atom stereocenters. The molecule has 1 aliphatic heterocycles. The number of anilines is 1. The van der Waals surface area contributed by atoms with Gasteiger partial charge in [0, 0.05) is 25.3 Å². The maximum absolute atomic E-state index is 12.6. The lowest BCUT2D eigenvalue weighted by atomic mass is 10.2. The Morgan fingerprint density at radius 3 is 2.58 bits per heavy atom. The van der Waals surface area contributed by atoms with Crippen molar-refractivity contribution in [1.29, 1.82) is 0 Å². The van der Waals surface area contributed by atoms with Gasteiger partial charge in [-0.3, -0.25) is 4.90 Å². The third kappa shape index (κ3) is 3.89. The van der Waals surface area contributed by atoms with Crippen LogP contribution in [0.3, 0.4) is 0 Å². The minimum atomic E-state index is -3.61. The van der Waals surface area contributed by atoms with Crippen molar-refractivity contribution in [3.8, 4) is 0 Å². The van der Waals surface area contributed by atoms with Gasteiger partial charge in [-0.15, -0.1) is 0 Å². The normalized spacial score (nSPS) is 13.5. The number of rotatable bonds is 5. The third-order valence-corrected chi connectivity index (χ3v) is 5.82. The van der Waals surface area contributed by atoms with Crippen molar-refractivity contribution < 1.29 is 13.2 Å². The number of benzene rings is 2. The number of carbonyl (C=O) groups is 1. The molecule has 138 valence electrons. The highest BCUT2D eigenvalue weighted by Gasteiger charge is 2.26. The van der Waals surface area contributed by atoms with Crippen LogP contribution in [0.1, 0.15) is 23.6 Å². The molecule has 7 heteroatoms. The van der Waals surface area contributed by atoms with E-state index >= 15 is 0 Å². The number of amides is 2. The zero-order valence-electron chi connectivity index (χ0n) is 15.0. The van der Waals surface area contributed by atoms with Gasteiger partial charge in [0.25, 0.3) is 0 Å². The molecule has 0 aromatic heterocycles. The topological polar surface area (TPSA) is 78.5 Å². The van der Waals surface area contributed by atoms with Gasteiger partial charge >= 0.3 is 6.03 Å². The van der Waals surface area contributed by atoms with E-state index in [4.69, 9.17) is 0 Å². The van der Waals surface area contributed by atoms with Gasteiger partial charge < -0.3 is 5.32 Å². The summed E-state index contributed by atoms with van der Waals surface area (Å²) >= 11 is 0. The summed E-state index contributed by atoms with van der Waals surface area (Å²) in [4.78, 5) is 13.9. The molecule has 1 aliphatic rings. The van der Waals surface area contributed by atoms with Crippen LogP contribution in [0.2, 0.25) is 0 Å². The Labute approximate surface area is 154 Å². The van der Waals surface area contributed by atoms with Crippen LogP contribution in [0.25, 0.3) is 0 Å². The number of fused-ring (bicyclic) bond motifs is 1. The molecule has 0 saturated carbocycles. The third-order valence-electron chi connectivity index (χ3n) is 4.42. The summed E-state index contributed by atoms with van der Waals surface area (Å²) in [5.41, 5.74) is 3.68. The molecule has 2 N–H and O–H groups in total. The highest BCUT2D eigenvalue weighted by Crippen LogP contribution is 2.30. The summed E-state index contributed by atoms with van der Waals surface area (Å²) in [7, 11) is -3.61. The summed E-state index contributed by atoms with van der Waals surface area (Å²) in [6.45, 7) is 5.21. The first-order valence-corrected chi connectivity index (χ1v) is 10.1. The Hall–Kier alpha value is -2.38. The lowest BCUT2D eigenvalue weighted by Gasteiger charge is -2.17. The van der Waals surface area contributed by atoms with Gasteiger partial charge in [-0.25, -0.2) is 17.9 Å². The lowest BCUT2D eigenvalue weighted by Crippen LogP contribution is -2.38. The Balaban J connectivity index is 1.75. The summed E-state index contributed by atoms with van der Waals surface area (Å²) in [5.74, 6) is 0. The van der Waals surface area contributed by atoms with Crippen LogP contribution in [-0.2, 0) is 23.0 Å². The van der Waals surface area contributed by atoms with Gasteiger partial charge in [0.15, 0.2) is 0 Å². The maximum Gasteiger partial charge on any atom is 0.321 e. The highest BCUT2D eigenvalue weighted by molar-refractivity contribution is 7.89. The van der Waals surface area contributed by atoms with Crippen molar-refractivity contribution in [3.63, 3.8) is 0 Å². The number of sulfonamides is 1. The molecule has 1 heterocycles. The number of urea groups is 1. The Morgan fingerprint density at radius 2 is 1.88 bits per heavy atom. The van der Waals surface area contributed by atoms with Gasteiger partial charge in [0.2, 0.25) is 10.0 Å². The van der Waals surface area contributed by atoms with Crippen molar-refractivity contribution >= 4 is 21.7 Å². The molecule has 2 aromatic carbocycles. The smallest absolute Gasteiger partial charge is 0.321 e. The van der Waals surface area contributed by atoms with Crippen LogP contribution in [0.4, 0.5) is 10.5 Å². The predicted octanol–water partition coefficient (Wildman–Crippen LogP) is 2.57. The van der Waals surface area contributed by atoms with Gasteiger partial charge in [-0.1, -0.05) is 29.8 Å². The molecule has 0 atom stereocenters. The van der Waals surface area contributed by atoms with E-state index in [-0.39, 0.29) is 17.5 Å². The number of aryl methyl sites for hydroxylation is 1. The fourth-order valence-corrected chi connectivity index (χ4v) is 4.04. The second-order valence-electron chi connectivity index (χ2n) is 6.34. The molecule has 2 amide bonds.